The van der Waals surface area contributed by atoms with Gasteiger partial charge in [-0.15, -0.1) is 0 Å². The monoisotopic (exact) mass is 98.1 g/mol. The van der Waals surface area contributed by atoms with Crippen molar-refractivity contribution in [3.05, 3.63) is 0 Å². The van der Waals surface area contributed by atoms with Crippen molar-refractivity contribution in [3.8, 4) is 0 Å². The van der Waals surface area contributed by atoms with Crippen LogP contribution >= 0.6 is 0 Å². The summed E-state index contributed by atoms with van der Waals surface area (Å²) in [6.07, 6.45) is 2.80. The first-order valence-electron chi connectivity index (χ1n) is 3.04. The maximum atomic E-state index is 8.59. The first-order valence-corrected chi connectivity index (χ1v) is 3.04. The molecule has 2 aliphatic carbocycles. The van der Waals surface area contributed by atoms with E-state index in [0.717, 1.165) is 17.8 Å². The molecule has 0 saturated heterocycles. The highest BCUT2D eigenvalue weighted by Crippen LogP contribution is 2.60. The van der Waals surface area contributed by atoms with E-state index in [0.29, 0.717) is 6.61 Å². The molecule has 0 aromatic heterocycles. The number of aliphatic hydroxyl groups is 1. The lowest BCUT2D eigenvalue weighted by molar-refractivity contribution is 0.269. The van der Waals surface area contributed by atoms with E-state index in [1.807, 2.05) is 0 Å². The third-order valence-corrected chi connectivity index (χ3v) is 2.55. The predicted molar refractivity (Wildman–Crippen MR) is 26.8 cm³/mol. The average Bonchev–Trinajstić information content (AvgIpc) is 2.07. The van der Waals surface area contributed by atoms with Crippen molar-refractivity contribution in [3.63, 3.8) is 0 Å². The number of fused-ring (bicyclic) bond motifs is 1. The van der Waals surface area contributed by atoms with Crippen LogP contribution in [0.3, 0.4) is 0 Å². The Bertz CT molecular complexity index is 80.2. The van der Waals surface area contributed by atoms with E-state index < -0.39 is 0 Å². The third-order valence-electron chi connectivity index (χ3n) is 2.55. The van der Waals surface area contributed by atoms with Crippen LogP contribution in [0.1, 0.15) is 12.8 Å². The summed E-state index contributed by atoms with van der Waals surface area (Å²) < 4.78 is 0. The van der Waals surface area contributed by atoms with Gasteiger partial charge in [-0.25, -0.2) is 0 Å². The fourth-order valence-corrected chi connectivity index (χ4v) is 1.77. The van der Waals surface area contributed by atoms with Crippen molar-refractivity contribution in [2.24, 2.45) is 17.8 Å². The minimum atomic E-state index is 0.454. The Morgan fingerprint density at radius 3 is 2.00 bits per heavy atom. The predicted octanol–water partition coefficient (Wildman–Crippen LogP) is 0.635. The molecular weight excluding hydrogens is 88.1 g/mol. The van der Waals surface area contributed by atoms with Gasteiger partial charge in [0.1, 0.15) is 0 Å². The van der Waals surface area contributed by atoms with Crippen LogP contribution in [0, 0.1) is 17.8 Å². The molecule has 0 heterocycles. The fraction of sp³-hybridized carbons (Fsp3) is 1.00. The van der Waals surface area contributed by atoms with Gasteiger partial charge < -0.3 is 5.11 Å². The van der Waals surface area contributed by atoms with Gasteiger partial charge in [0.2, 0.25) is 0 Å². The molecule has 0 aromatic carbocycles. The van der Waals surface area contributed by atoms with Crippen LogP contribution in [0.2, 0.25) is 0 Å². The second-order valence-electron chi connectivity index (χ2n) is 2.75. The summed E-state index contributed by atoms with van der Waals surface area (Å²) in [5.74, 6) is 2.66. The summed E-state index contributed by atoms with van der Waals surface area (Å²) in [6, 6.07) is 0. The van der Waals surface area contributed by atoms with Crippen molar-refractivity contribution in [2.75, 3.05) is 6.61 Å². The van der Waals surface area contributed by atoms with Crippen molar-refractivity contribution >= 4 is 0 Å². The molecule has 2 atom stereocenters. The van der Waals surface area contributed by atoms with Gasteiger partial charge >= 0.3 is 0 Å². The minimum Gasteiger partial charge on any atom is -0.396 e. The molecule has 1 heteroatoms. The summed E-state index contributed by atoms with van der Waals surface area (Å²) in [5.41, 5.74) is 0. The normalized spacial score (nSPS) is 55.3. The molecule has 40 valence electrons. The Labute approximate surface area is 43.3 Å². The smallest absolute Gasteiger partial charge is 0.0464 e. The van der Waals surface area contributed by atoms with E-state index in [-0.39, 0.29) is 0 Å². The van der Waals surface area contributed by atoms with Crippen LogP contribution in [0.4, 0.5) is 0 Å². The van der Waals surface area contributed by atoms with Gasteiger partial charge in [0, 0.05) is 6.61 Å². The molecule has 0 amide bonds. The molecule has 1 N–H and O–H groups in total. The highest BCUT2D eigenvalue weighted by molar-refractivity contribution is 5.04. The van der Waals surface area contributed by atoms with E-state index in [2.05, 4.69) is 0 Å². The first kappa shape index (κ1) is 3.90. The molecule has 2 unspecified atom stereocenters. The number of hydrogen-bond donors (Lipinski definition) is 1. The fourth-order valence-electron chi connectivity index (χ4n) is 1.77. The lowest BCUT2D eigenvalue weighted by Gasteiger charge is -2.04. The molecule has 0 spiro atoms. The lowest BCUT2D eigenvalue weighted by Crippen LogP contribution is -1.93. The Morgan fingerprint density at radius 2 is 1.86 bits per heavy atom. The van der Waals surface area contributed by atoms with E-state index in [9.17, 15) is 0 Å². The zero-order chi connectivity index (χ0) is 4.85. The van der Waals surface area contributed by atoms with Crippen molar-refractivity contribution < 1.29 is 5.11 Å². The minimum absolute atomic E-state index is 0.454. The Kier molecular flexibility index (Phi) is 0.571. The van der Waals surface area contributed by atoms with E-state index >= 15 is 0 Å². The molecule has 0 bridgehead atoms. The Morgan fingerprint density at radius 1 is 1.29 bits per heavy atom. The summed E-state index contributed by atoms with van der Waals surface area (Å²) in [5, 5.41) is 8.59. The SMILES string of the molecule is OCC1C2CCC12. The Hall–Kier alpha value is -0.0400. The highest BCUT2D eigenvalue weighted by atomic mass is 16.3. The average molecular weight is 98.1 g/mol. The molecule has 0 aromatic rings. The molecule has 2 rings (SSSR count). The van der Waals surface area contributed by atoms with Crippen LogP contribution in [-0.4, -0.2) is 11.7 Å². The largest absolute Gasteiger partial charge is 0.396 e. The van der Waals surface area contributed by atoms with Gasteiger partial charge in [-0.1, -0.05) is 0 Å². The summed E-state index contributed by atoms with van der Waals surface area (Å²) in [7, 11) is 0. The highest BCUT2D eigenvalue weighted by Gasteiger charge is 2.55. The molecular formula is C6H10O. The van der Waals surface area contributed by atoms with E-state index in [1.165, 1.54) is 12.8 Å². The lowest BCUT2D eigenvalue weighted by atomic mass is 10.0. The molecule has 0 aliphatic heterocycles. The van der Waals surface area contributed by atoms with Crippen LogP contribution < -0.4 is 0 Å². The van der Waals surface area contributed by atoms with Crippen LogP contribution in [-0.2, 0) is 0 Å². The molecule has 0 radical (unpaired) electrons. The zero-order valence-corrected chi connectivity index (χ0v) is 4.30. The van der Waals surface area contributed by atoms with Gasteiger partial charge in [0.15, 0.2) is 0 Å². The van der Waals surface area contributed by atoms with Gasteiger partial charge in [-0.05, 0) is 30.6 Å². The first-order chi connectivity index (χ1) is 3.43. The van der Waals surface area contributed by atoms with Crippen LogP contribution in [0.25, 0.3) is 0 Å². The number of rotatable bonds is 1. The van der Waals surface area contributed by atoms with E-state index in [1.54, 1.807) is 0 Å². The van der Waals surface area contributed by atoms with Crippen molar-refractivity contribution in [1.82, 2.24) is 0 Å². The van der Waals surface area contributed by atoms with Gasteiger partial charge in [-0.3, -0.25) is 0 Å². The maximum absolute atomic E-state index is 8.59. The summed E-state index contributed by atoms with van der Waals surface area (Å²) in [6.45, 7) is 0.454. The quantitative estimate of drug-likeness (QED) is 0.510. The van der Waals surface area contributed by atoms with Gasteiger partial charge in [-0.2, -0.15) is 0 Å². The Balaban J connectivity index is 1.95. The second-order valence-corrected chi connectivity index (χ2v) is 2.75. The topological polar surface area (TPSA) is 20.2 Å². The number of hydrogen-bond acceptors (Lipinski definition) is 1. The summed E-state index contributed by atoms with van der Waals surface area (Å²) >= 11 is 0. The zero-order valence-electron chi connectivity index (χ0n) is 4.30. The van der Waals surface area contributed by atoms with Crippen molar-refractivity contribution in [1.29, 1.82) is 0 Å². The standard InChI is InChI=1S/C6H10O/c7-3-6-4-1-2-5(4)6/h4-7H,1-3H2. The third kappa shape index (κ3) is 0.325. The second kappa shape index (κ2) is 1.03. The van der Waals surface area contributed by atoms with Gasteiger partial charge in [0.05, 0.1) is 0 Å². The molecule has 2 fully saturated rings. The van der Waals surface area contributed by atoms with E-state index in [4.69, 9.17) is 5.11 Å². The summed E-state index contributed by atoms with van der Waals surface area (Å²) in [4.78, 5) is 0. The van der Waals surface area contributed by atoms with Crippen molar-refractivity contribution in [2.45, 2.75) is 12.8 Å². The maximum Gasteiger partial charge on any atom is 0.0464 e. The van der Waals surface area contributed by atoms with Crippen LogP contribution in [0.5, 0.6) is 0 Å². The molecule has 2 saturated carbocycles. The van der Waals surface area contributed by atoms with Gasteiger partial charge in [0.25, 0.3) is 0 Å². The molecule has 2 aliphatic rings. The van der Waals surface area contributed by atoms with Crippen LogP contribution in [0.15, 0.2) is 0 Å². The molecule has 1 nitrogen and oxygen atoms in total. The molecule has 7 heavy (non-hydrogen) atoms. The number of aliphatic hydroxyl groups excluding tert-OH is 1.